The maximum Gasteiger partial charge on any atom is 0.328 e. The molecule has 1 fully saturated rings. The third kappa shape index (κ3) is 8.85. The number of carbonyl (C=O) groups is 2. The van der Waals surface area contributed by atoms with Gasteiger partial charge < -0.3 is 10.1 Å². The van der Waals surface area contributed by atoms with Crippen LogP contribution in [0.3, 0.4) is 0 Å². The molecule has 0 aromatic rings. The zero-order chi connectivity index (χ0) is 16.0. The minimum absolute atomic E-state index is 0.0588. The molecule has 0 spiro atoms. The number of rotatable bonds is 12. The number of amides is 1. The van der Waals surface area contributed by atoms with Crippen LogP contribution < -0.4 is 5.32 Å². The van der Waals surface area contributed by atoms with Gasteiger partial charge in [0.2, 0.25) is 5.91 Å². The number of ether oxygens (including phenoxy) is 1. The first-order valence-electron chi connectivity index (χ1n) is 8.85. The first kappa shape index (κ1) is 18.7. The molecule has 4 nitrogen and oxygen atoms in total. The van der Waals surface area contributed by atoms with E-state index in [0.29, 0.717) is 19.4 Å². The Morgan fingerprint density at radius 2 is 1.82 bits per heavy atom. The van der Waals surface area contributed by atoms with E-state index in [0.717, 1.165) is 12.8 Å². The normalized spacial score (nSPS) is 17.9. The molecule has 0 aliphatic carbocycles. The number of hydrogen-bond donors (Lipinski definition) is 1. The fourth-order valence-corrected chi connectivity index (χ4v) is 2.57. The molecule has 0 bridgehead atoms. The number of nitrogens with one attached hydrogen (secondary N) is 1. The predicted molar refractivity (Wildman–Crippen MR) is 88.5 cm³/mol. The van der Waals surface area contributed by atoms with E-state index in [-0.39, 0.29) is 11.9 Å². The molecule has 1 atom stereocenters. The Hall–Kier alpha value is -1.32. The molecule has 22 heavy (non-hydrogen) atoms. The standard InChI is InChI=1S/C18H31NO3/c1-2-3-4-5-6-7-8-9-10-11-12-15-22-18(21)16-13-14-17(20)19-16/h10-11,16H,2-9,12-15H2,1H3,(H,19,20)/b11-10+/t16-/m0/s1. The van der Waals surface area contributed by atoms with Gasteiger partial charge in [-0.15, -0.1) is 0 Å². The molecule has 1 amide bonds. The lowest BCUT2D eigenvalue weighted by molar-refractivity contribution is -0.146. The van der Waals surface area contributed by atoms with E-state index in [1.165, 1.54) is 44.9 Å². The highest BCUT2D eigenvalue weighted by atomic mass is 16.5. The molecule has 0 radical (unpaired) electrons. The van der Waals surface area contributed by atoms with Crippen LogP contribution >= 0.6 is 0 Å². The summed E-state index contributed by atoms with van der Waals surface area (Å²) in [7, 11) is 0. The number of esters is 1. The Balaban J connectivity index is 1.87. The van der Waals surface area contributed by atoms with Gasteiger partial charge in [0.25, 0.3) is 0 Å². The second-order valence-electron chi connectivity index (χ2n) is 6.00. The molecule has 0 aromatic carbocycles. The second-order valence-corrected chi connectivity index (χ2v) is 6.00. The minimum atomic E-state index is -0.427. The van der Waals surface area contributed by atoms with Crippen molar-refractivity contribution in [1.29, 1.82) is 0 Å². The fraction of sp³-hybridized carbons (Fsp3) is 0.778. The van der Waals surface area contributed by atoms with Crippen LogP contribution in [0.4, 0.5) is 0 Å². The molecule has 126 valence electrons. The van der Waals surface area contributed by atoms with E-state index >= 15 is 0 Å². The molecular weight excluding hydrogens is 278 g/mol. The average molecular weight is 309 g/mol. The van der Waals surface area contributed by atoms with E-state index in [4.69, 9.17) is 4.74 Å². The van der Waals surface area contributed by atoms with Crippen molar-refractivity contribution in [3.8, 4) is 0 Å². The lowest BCUT2D eigenvalue weighted by Gasteiger charge is -2.08. The Bertz CT molecular complexity index is 352. The van der Waals surface area contributed by atoms with Crippen molar-refractivity contribution in [2.24, 2.45) is 0 Å². The summed E-state index contributed by atoms with van der Waals surface area (Å²) in [4.78, 5) is 22.6. The Kier molecular flexibility index (Phi) is 10.4. The zero-order valence-electron chi connectivity index (χ0n) is 13.9. The molecular formula is C18H31NO3. The summed E-state index contributed by atoms with van der Waals surface area (Å²) >= 11 is 0. The topological polar surface area (TPSA) is 55.4 Å². The summed E-state index contributed by atoms with van der Waals surface area (Å²) in [5.74, 6) is -0.358. The zero-order valence-corrected chi connectivity index (χ0v) is 13.9. The molecule has 0 aromatic heterocycles. The summed E-state index contributed by atoms with van der Waals surface area (Å²) in [6.45, 7) is 2.64. The Labute approximate surface area is 134 Å². The molecule has 1 heterocycles. The van der Waals surface area contributed by atoms with E-state index in [2.05, 4.69) is 24.4 Å². The molecule has 0 saturated carbocycles. The monoisotopic (exact) mass is 309 g/mol. The average Bonchev–Trinajstić information content (AvgIpc) is 2.95. The first-order chi connectivity index (χ1) is 10.7. The predicted octanol–water partition coefficient (Wildman–Crippen LogP) is 3.90. The van der Waals surface area contributed by atoms with Gasteiger partial charge in [-0.05, 0) is 25.7 Å². The van der Waals surface area contributed by atoms with E-state index < -0.39 is 6.04 Å². The van der Waals surface area contributed by atoms with Crippen molar-refractivity contribution >= 4 is 11.9 Å². The lowest BCUT2D eigenvalue weighted by atomic mass is 10.1. The lowest BCUT2D eigenvalue weighted by Crippen LogP contribution is -2.34. The van der Waals surface area contributed by atoms with Crippen LogP contribution in [-0.2, 0) is 14.3 Å². The van der Waals surface area contributed by atoms with E-state index in [9.17, 15) is 9.59 Å². The molecule has 1 aliphatic rings. The Morgan fingerprint density at radius 3 is 2.50 bits per heavy atom. The maximum atomic E-state index is 11.6. The van der Waals surface area contributed by atoms with Gasteiger partial charge in [0.1, 0.15) is 6.04 Å². The van der Waals surface area contributed by atoms with Gasteiger partial charge in [0.05, 0.1) is 6.61 Å². The van der Waals surface area contributed by atoms with Crippen molar-refractivity contribution in [3.63, 3.8) is 0 Å². The second kappa shape index (κ2) is 12.2. The first-order valence-corrected chi connectivity index (χ1v) is 8.85. The summed E-state index contributed by atoms with van der Waals surface area (Å²) in [6.07, 6.45) is 16.4. The SMILES string of the molecule is CCCCCCCCC/C=C/CCOC(=O)[C@@H]1CCC(=O)N1. The van der Waals surface area contributed by atoms with Crippen LogP contribution in [0.15, 0.2) is 12.2 Å². The van der Waals surface area contributed by atoms with E-state index in [1.807, 2.05) is 0 Å². The Morgan fingerprint density at radius 1 is 1.14 bits per heavy atom. The van der Waals surface area contributed by atoms with Crippen LogP contribution in [0.25, 0.3) is 0 Å². The van der Waals surface area contributed by atoms with Gasteiger partial charge in [-0.3, -0.25) is 4.79 Å². The highest BCUT2D eigenvalue weighted by Gasteiger charge is 2.28. The number of hydrogen-bond acceptors (Lipinski definition) is 3. The van der Waals surface area contributed by atoms with Gasteiger partial charge >= 0.3 is 5.97 Å². The highest BCUT2D eigenvalue weighted by molar-refractivity contribution is 5.87. The highest BCUT2D eigenvalue weighted by Crippen LogP contribution is 2.09. The number of carbonyl (C=O) groups excluding carboxylic acids is 2. The quantitative estimate of drug-likeness (QED) is 0.338. The molecule has 0 unspecified atom stereocenters. The molecule has 1 aliphatic heterocycles. The van der Waals surface area contributed by atoms with Gasteiger partial charge in [-0.25, -0.2) is 4.79 Å². The van der Waals surface area contributed by atoms with Crippen molar-refractivity contribution in [2.75, 3.05) is 6.61 Å². The largest absolute Gasteiger partial charge is 0.464 e. The number of allylic oxidation sites excluding steroid dienone is 1. The third-order valence-electron chi connectivity index (χ3n) is 3.95. The summed E-state index contributed by atoms with van der Waals surface area (Å²) < 4.78 is 5.15. The van der Waals surface area contributed by atoms with Crippen LogP contribution in [0.5, 0.6) is 0 Å². The van der Waals surface area contributed by atoms with Crippen molar-refractivity contribution in [3.05, 3.63) is 12.2 Å². The van der Waals surface area contributed by atoms with Gasteiger partial charge in [-0.1, -0.05) is 57.6 Å². The minimum Gasteiger partial charge on any atom is -0.464 e. The van der Waals surface area contributed by atoms with Gasteiger partial charge in [0.15, 0.2) is 0 Å². The summed E-state index contributed by atoms with van der Waals surface area (Å²) in [5, 5.41) is 2.62. The fourth-order valence-electron chi connectivity index (χ4n) is 2.57. The van der Waals surface area contributed by atoms with Crippen molar-refractivity contribution < 1.29 is 14.3 Å². The maximum absolute atomic E-state index is 11.6. The van der Waals surface area contributed by atoms with Gasteiger partial charge in [-0.2, -0.15) is 0 Å². The van der Waals surface area contributed by atoms with Crippen LogP contribution in [0.1, 0.15) is 77.6 Å². The molecule has 4 heteroatoms. The van der Waals surface area contributed by atoms with Crippen LogP contribution in [0, 0.1) is 0 Å². The molecule has 1 rings (SSSR count). The summed E-state index contributed by atoms with van der Waals surface area (Å²) in [6, 6.07) is -0.427. The van der Waals surface area contributed by atoms with Crippen LogP contribution in [0.2, 0.25) is 0 Å². The molecule has 1 saturated heterocycles. The number of unbranched alkanes of at least 4 members (excludes halogenated alkanes) is 7. The molecule has 1 N–H and O–H groups in total. The van der Waals surface area contributed by atoms with E-state index in [1.54, 1.807) is 0 Å². The van der Waals surface area contributed by atoms with Gasteiger partial charge in [0, 0.05) is 6.42 Å². The third-order valence-corrected chi connectivity index (χ3v) is 3.95. The van der Waals surface area contributed by atoms with Crippen molar-refractivity contribution in [1.82, 2.24) is 5.32 Å². The summed E-state index contributed by atoms with van der Waals surface area (Å²) in [5.41, 5.74) is 0. The van der Waals surface area contributed by atoms with Crippen molar-refractivity contribution in [2.45, 2.75) is 83.6 Å². The van der Waals surface area contributed by atoms with Crippen LogP contribution in [-0.4, -0.2) is 24.5 Å². The smallest absolute Gasteiger partial charge is 0.328 e.